The molecular formula is C13H26N2O3. The van der Waals surface area contributed by atoms with Crippen molar-refractivity contribution in [3.63, 3.8) is 0 Å². The second-order valence-electron chi connectivity index (χ2n) is 5.13. The zero-order chi connectivity index (χ0) is 13.4. The third kappa shape index (κ3) is 4.92. The summed E-state index contributed by atoms with van der Waals surface area (Å²) in [5.41, 5.74) is 4.80. The number of primary amides is 1. The summed E-state index contributed by atoms with van der Waals surface area (Å²) in [5.74, 6) is 0.245. The molecule has 18 heavy (non-hydrogen) atoms. The summed E-state index contributed by atoms with van der Waals surface area (Å²) in [6, 6.07) is 0. The quantitative estimate of drug-likeness (QED) is 0.596. The van der Waals surface area contributed by atoms with Gasteiger partial charge in [-0.15, -0.1) is 0 Å². The van der Waals surface area contributed by atoms with Crippen molar-refractivity contribution >= 4 is 5.91 Å². The molecule has 0 aromatic heterocycles. The Bertz CT molecular complexity index is 255. The summed E-state index contributed by atoms with van der Waals surface area (Å²) in [4.78, 5) is 11.4. The lowest BCUT2D eigenvalue weighted by atomic mass is 9.95. The number of hydrogen-bond acceptors (Lipinski definition) is 4. The normalized spacial score (nSPS) is 22.9. The number of carbonyl (C=O) groups excluding carboxylic acids is 1. The van der Waals surface area contributed by atoms with Crippen LogP contribution in [0.1, 0.15) is 33.1 Å². The highest BCUT2D eigenvalue weighted by atomic mass is 16.5. The van der Waals surface area contributed by atoms with Crippen LogP contribution in [0.3, 0.4) is 0 Å². The Morgan fingerprint density at radius 2 is 2.39 bits per heavy atom. The minimum Gasteiger partial charge on any atom is -0.381 e. The molecule has 5 heteroatoms. The van der Waals surface area contributed by atoms with Crippen molar-refractivity contribution in [1.82, 2.24) is 5.32 Å². The van der Waals surface area contributed by atoms with Gasteiger partial charge in [0.05, 0.1) is 18.8 Å². The maximum absolute atomic E-state index is 11.4. The van der Waals surface area contributed by atoms with Crippen LogP contribution >= 0.6 is 0 Å². The molecule has 1 amide bonds. The molecule has 1 fully saturated rings. The standard InChI is InChI=1S/C13H26N2O3/c1-3-15-13(2,12(14)16)6-4-7-17-9-11-5-8-18-10-11/h11,15H,3-10H2,1-2H3,(H2,14,16). The maximum Gasteiger partial charge on any atom is 0.237 e. The van der Waals surface area contributed by atoms with Crippen molar-refractivity contribution in [2.45, 2.75) is 38.6 Å². The molecule has 1 heterocycles. The van der Waals surface area contributed by atoms with Gasteiger partial charge >= 0.3 is 0 Å². The van der Waals surface area contributed by atoms with Gasteiger partial charge in [0.2, 0.25) is 5.91 Å². The monoisotopic (exact) mass is 258 g/mol. The molecule has 0 spiro atoms. The lowest BCUT2D eigenvalue weighted by Crippen LogP contribution is -2.53. The Morgan fingerprint density at radius 3 is 2.94 bits per heavy atom. The zero-order valence-corrected chi connectivity index (χ0v) is 11.5. The number of hydrogen-bond donors (Lipinski definition) is 2. The molecule has 0 aromatic rings. The van der Waals surface area contributed by atoms with E-state index in [0.717, 1.165) is 39.2 Å². The topological polar surface area (TPSA) is 73.6 Å². The summed E-state index contributed by atoms with van der Waals surface area (Å²) in [6.45, 7) is 7.66. The predicted molar refractivity (Wildman–Crippen MR) is 70.3 cm³/mol. The van der Waals surface area contributed by atoms with Gasteiger partial charge in [-0.2, -0.15) is 0 Å². The molecular weight excluding hydrogens is 232 g/mol. The Labute approximate surface area is 109 Å². The molecule has 1 saturated heterocycles. The van der Waals surface area contributed by atoms with Crippen LogP contribution in [0.2, 0.25) is 0 Å². The molecule has 1 aliphatic heterocycles. The Morgan fingerprint density at radius 1 is 1.61 bits per heavy atom. The highest BCUT2D eigenvalue weighted by Crippen LogP contribution is 2.14. The van der Waals surface area contributed by atoms with E-state index < -0.39 is 5.54 Å². The summed E-state index contributed by atoms with van der Waals surface area (Å²) in [7, 11) is 0. The number of nitrogens with one attached hydrogen (secondary N) is 1. The first-order chi connectivity index (χ1) is 8.58. The summed E-state index contributed by atoms with van der Waals surface area (Å²) < 4.78 is 10.9. The van der Waals surface area contributed by atoms with E-state index >= 15 is 0 Å². The second-order valence-corrected chi connectivity index (χ2v) is 5.13. The number of nitrogens with two attached hydrogens (primary N) is 1. The molecule has 0 radical (unpaired) electrons. The zero-order valence-electron chi connectivity index (χ0n) is 11.5. The molecule has 3 N–H and O–H groups in total. The van der Waals surface area contributed by atoms with Crippen LogP contribution in [0.4, 0.5) is 0 Å². The van der Waals surface area contributed by atoms with Crippen LogP contribution < -0.4 is 11.1 Å². The fraction of sp³-hybridized carbons (Fsp3) is 0.923. The van der Waals surface area contributed by atoms with Gasteiger partial charge in [-0.3, -0.25) is 4.79 Å². The lowest BCUT2D eigenvalue weighted by Gasteiger charge is -2.26. The van der Waals surface area contributed by atoms with Gasteiger partial charge in [0.1, 0.15) is 0 Å². The Balaban J connectivity index is 2.12. The molecule has 2 atom stereocenters. The molecule has 0 saturated carbocycles. The van der Waals surface area contributed by atoms with Crippen LogP contribution in [0, 0.1) is 5.92 Å². The number of ether oxygens (including phenoxy) is 2. The minimum absolute atomic E-state index is 0.298. The molecule has 1 rings (SSSR count). The fourth-order valence-electron chi connectivity index (χ4n) is 2.18. The highest BCUT2D eigenvalue weighted by Gasteiger charge is 2.29. The van der Waals surface area contributed by atoms with Gasteiger partial charge in [-0.1, -0.05) is 6.92 Å². The second kappa shape index (κ2) is 7.71. The first-order valence-corrected chi connectivity index (χ1v) is 6.79. The number of carbonyl (C=O) groups is 1. The predicted octanol–water partition coefficient (Wildman–Crippen LogP) is 0.673. The molecule has 106 valence electrons. The van der Waals surface area contributed by atoms with E-state index in [-0.39, 0.29) is 5.91 Å². The van der Waals surface area contributed by atoms with Gasteiger partial charge in [-0.05, 0) is 32.7 Å². The van der Waals surface area contributed by atoms with E-state index in [0.29, 0.717) is 18.9 Å². The number of rotatable bonds is 9. The van der Waals surface area contributed by atoms with Crippen LogP contribution in [-0.4, -0.2) is 44.4 Å². The van der Waals surface area contributed by atoms with Gasteiger partial charge in [0.15, 0.2) is 0 Å². The fourth-order valence-corrected chi connectivity index (χ4v) is 2.18. The SMILES string of the molecule is CCNC(C)(CCCOCC1CCOC1)C(N)=O. The number of amides is 1. The summed E-state index contributed by atoms with van der Waals surface area (Å²) in [5, 5.41) is 3.14. The van der Waals surface area contributed by atoms with E-state index in [2.05, 4.69) is 5.32 Å². The summed E-state index contributed by atoms with van der Waals surface area (Å²) >= 11 is 0. The Hall–Kier alpha value is -0.650. The smallest absolute Gasteiger partial charge is 0.237 e. The third-order valence-corrected chi connectivity index (χ3v) is 3.45. The largest absolute Gasteiger partial charge is 0.381 e. The van der Waals surface area contributed by atoms with Crippen molar-refractivity contribution in [1.29, 1.82) is 0 Å². The average molecular weight is 258 g/mol. The molecule has 0 bridgehead atoms. The van der Waals surface area contributed by atoms with Crippen molar-refractivity contribution in [2.75, 3.05) is 33.0 Å². The molecule has 2 unspecified atom stereocenters. The van der Waals surface area contributed by atoms with Crippen molar-refractivity contribution in [3.8, 4) is 0 Å². The van der Waals surface area contributed by atoms with Crippen LogP contribution in [-0.2, 0) is 14.3 Å². The van der Waals surface area contributed by atoms with Crippen molar-refractivity contribution < 1.29 is 14.3 Å². The van der Waals surface area contributed by atoms with E-state index in [9.17, 15) is 4.79 Å². The highest BCUT2D eigenvalue weighted by molar-refractivity contribution is 5.84. The van der Waals surface area contributed by atoms with E-state index in [1.54, 1.807) is 0 Å². The number of likely N-dealkylation sites (N-methyl/N-ethyl adjacent to an activating group) is 1. The first kappa shape index (κ1) is 15.4. The van der Waals surface area contributed by atoms with Crippen molar-refractivity contribution in [2.24, 2.45) is 11.7 Å². The average Bonchev–Trinajstić information content (AvgIpc) is 2.81. The first-order valence-electron chi connectivity index (χ1n) is 6.79. The van der Waals surface area contributed by atoms with Gasteiger partial charge in [-0.25, -0.2) is 0 Å². The van der Waals surface area contributed by atoms with E-state index in [4.69, 9.17) is 15.2 Å². The minimum atomic E-state index is -0.616. The van der Waals surface area contributed by atoms with Gasteiger partial charge < -0.3 is 20.5 Å². The van der Waals surface area contributed by atoms with Gasteiger partial charge in [0.25, 0.3) is 0 Å². The molecule has 1 aliphatic rings. The van der Waals surface area contributed by atoms with Gasteiger partial charge in [0, 0.05) is 19.1 Å². The lowest BCUT2D eigenvalue weighted by molar-refractivity contribution is -0.124. The van der Waals surface area contributed by atoms with E-state index in [1.165, 1.54) is 0 Å². The molecule has 5 nitrogen and oxygen atoms in total. The van der Waals surface area contributed by atoms with E-state index in [1.807, 2.05) is 13.8 Å². The Kier molecular flexibility index (Phi) is 6.60. The molecule has 0 aromatic carbocycles. The molecule has 0 aliphatic carbocycles. The third-order valence-electron chi connectivity index (χ3n) is 3.45. The van der Waals surface area contributed by atoms with Crippen LogP contribution in [0.5, 0.6) is 0 Å². The summed E-state index contributed by atoms with van der Waals surface area (Å²) in [6.07, 6.45) is 2.63. The maximum atomic E-state index is 11.4. The van der Waals surface area contributed by atoms with Crippen LogP contribution in [0.15, 0.2) is 0 Å². The van der Waals surface area contributed by atoms with Crippen molar-refractivity contribution in [3.05, 3.63) is 0 Å². The van der Waals surface area contributed by atoms with Crippen LogP contribution in [0.25, 0.3) is 0 Å².